The predicted octanol–water partition coefficient (Wildman–Crippen LogP) is 2.13. The molecule has 6 fully saturated rings. The molecule has 0 spiro atoms. The first-order valence-corrected chi connectivity index (χ1v) is 9.75. The number of carbonyl (C=O) groups is 2. The quantitative estimate of drug-likeness (QED) is 0.713. The third-order valence-corrected chi connectivity index (χ3v) is 9.34. The third kappa shape index (κ3) is 0.857. The van der Waals surface area contributed by atoms with Crippen molar-refractivity contribution in [3.8, 4) is 0 Å². The van der Waals surface area contributed by atoms with E-state index in [1.165, 1.54) is 7.11 Å². The molecule has 5 nitrogen and oxygen atoms in total. The molecular formula is C19H17BrN2O3. The lowest BCUT2D eigenvalue weighted by molar-refractivity contribution is -0.603. The van der Waals surface area contributed by atoms with Crippen LogP contribution in [0.1, 0.15) is 19.5 Å². The lowest BCUT2D eigenvalue weighted by atomic mass is 8.94. The molecule has 0 atom stereocenters. The second-order valence-corrected chi connectivity index (χ2v) is 10.2. The Labute approximate surface area is 153 Å². The van der Waals surface area contributed by atoms with Gasteiger partial charge in [-0.1, -0.05) is 0 Å². The number of esters is 1. The number of fused-ring (bicyclic) bond motifs is 1. The van der Waals surface area contributed by atoms with Gasteiger partial charge in [0.1, 0.15) is 0 Å². The largest absolute Gasteiger partial charge is 0.469 e. The highest BCUT2D eigenvalue weighted by atomic mass is 79.9. The molecule has 6 heteroatoms. The molecule has 0 radical (unpaired) electrons. The Balaban J connectivity index is 1.35. The number of nitrogens with zero attached hydrogens (tertiary/aromatic N) is 2. The van der Waals surface area contributed by atoms with E-state index < -0.39 is 5.41 Å². The molecule has 6 aliphatic carbocycles. The fourth-order valence-corrected chi connectivity index (χ4v) is 8.78. The minimum atomic E-state index is -0.578. The van der Waals surface area contributed by atoms with Crippen molar-refractivity contribution in [2.24, 2.45) is 40.9 Å². The normalized spacial score (nSPS) is 52.8. The van der Waals surface area contributed by atoms with Crippen molar-refractivity contribution in [2.75, 3.05) is 12.0 Å². The van der Waals surface area contributed by atoms with Crippen LogP contribution in [0.3, 0.4) is 0 Å². The van der Waals surface area contributed by atoms with Gasteiger partial charge < -0.3 is 9.64 Å². The van der Waals surface area contributed by atoms with E-state index in [4.69, 9.17) is 4.74 Å². The highest BCUT2D eigenvalue weighted by Crippen LogP contribution is 3.08. The topological polar surface area (TPSA) is 59.5 Å². The molecule has 0 N–H and O–H groups in total. The minimum absolute atomic E-state index is 0.00226. The molecule has 1 aromatic heterocycles. The number of carbonyl (C=O) groups excluding carboxylic acids is 2. The summed E-state index contributed by atoms with van der Waals surface area (Å²) in [5.41, 5.74) is 1.11. The molecule has 0 saturated heterocycles. The first-order chi connectivity index (χ1) is 11.9. The molecule has 8 rings (SSSR count). The first kappa shape index (κ1) is 13.7. The fourth-order valence-electron chi connectivity index (χ4n) is 8.46. The van der Waals surface area contributed by atoms with Crippen LogP contribution < -0.4 is 4.90 Å². The van der Waals surface area contributed by atoms with E-state index in [0.717, 1.165) is 15.9 Å². The molecule has 0 bridgehead atoms. The van der Waals surface area contributed by atoms with Gasteiger partial charge in [0, 0.05) is 10.7 Å². The number of rotatable bonds is 2. The maximum atomic E-state index is 13.4. The van der Waals surface area contributed by atoms with Crippen LogP contribution in [0.5, 0.6) is 0 Å². The summed E-state index contributed by atoms with van der Waals surface area (Å²) in [5.74, 6) is 3.04. The number of ether oxygens (including phenoxy) is 1. The van der Waals surface area contributed by atoms with Gasteiger partial charge >= 0.3 is 5.97 Å². The van der Waals surface area contributed by atoms with E-state index in [1.807, 2.05) is 19.9 Å². The molecule has 0 aromatic carbocycles. The Kier molecular flexibility index (Phi) is 1.80. The van der Waals surface area contributed by atoms with Crippen LogP contribution >= 0.6 is 15.9 Å². The van der Waals surface area contributed by atoms with Gasteiger partial charge in [0.2, 0.25) is 5.91 Å². The van der Waals surface area contributed by atoms with Gasteiger partial charge in [-0.05, 0) is 71.4 Å². The Morgan fingerprint density at radius 1 is 1.20 bits per heavy atom. The molecule has 128 valence electrons. The standard InChI is InChI=1S/C19H17BrN2O3/c1-17(2)14-7(4-6(20)5-21-14)22(15(17)23)19-11-8-12(19)10-13(19)9(11)18(8,10)16(24)25-3/h4-5,8-13H,1-3H3. The predicted molar refractivity (Wildman–Crippen MR) is 90.6 cm³/mol. The second-order valence-electron chi connectivity index (χ2n) is 9.25. The number of methoxy groups -OCH3 is 1. The van der Waals surface area contributed by atoms with E-state index in [0.29, 0.717) is 35.5 Å². The van der Waals surface area contributed by atoms with Crippen LogP contribution in [0.2, 0.25) is 0 Å². The van der Waals surface area contributed by atoms with Crippen molar-refractivity contribution >= 4 is 33.5 Å². The van der Waals surface area contributed by atoms with Crippen LogP contribution in [-0.2, 0) is 19.7 Å². The average Bonchev–Trinajstić information content (AvgIpc) is 2.80. The van der Waals surface area contributed by atoms with Crippen LogP contribution in [0.25, 0.3) is 0 Å². The molecule has 1 aromatic rings. The zero-order valence-corrected chi connectivity index (χ0v) is 15.7. The van der Waals surface area contributed by atoms with E-state index in [9.17, 15) is 9.59 Å². The van der Waals surface area contributed by atoms with Gasteiger partial charge in [0.05, 0.1) is 34.9 Å². The summed E-state index contributed by atoms with van der Waals surface area (Å²) in [6.07, 6.45) is 1.78. The van der Waals surface area contributed by atoms with E-state index in [-0.39, 0.29) is 22.8 Å². The summed E-state index contributed by atoms with van der Waals surface area (Å²) in [6, 6.07) is 2.05. The molecule has 2 heterocycles. The van der Waals surface area contributed by atoms with Crippen LogP contribution in [-0.4, -0.2) is 29.5 Å². The zero-order chi connectivity index (χ0) is 17.3. The molecule has 7 aliphatic rings. The second kappa shape index (κ2) is 3.28. The van der Waals surface area contributed by atoms with Gasteiger partial charge in [0.15, 0.2) is 0 Å². The maximum absolute atomic E-state index is 13.4. The van der Waals surface area contributed by atoms with Crippen molar-refractivity contribution < 1.29 is 14.3 Å². The van der Waals surface area contributed by atoms with Crippen molar-refractivity contribution in [3.05, 3.63) is 22.4 Å². The Morgan fingerprint density at radius 3 is 2.36 bits per heavy atom. The lowest BCUT2D eigenvalue weighted by Crippen LogP contribution is -3.16. The molecule has 6 saturated carbocycles. The molecule has 1 aliphatic heterocycles. The van der Waals surface area contributed by atoms with Crippen molar-refractivity contribution in [1.29, 1.82) is 0 Å². The smallest absolute Gasteiger partial charge is 0.312 e. The Morgan fingerprint density at radius 2 is 1.80 bits per heavy atom. The van der Waals surface area contributed by atoms with E-state index in [2.05, 4.69) is 25.8 Å². The number of pyridine rings is 1. The number of amides is 1. The molecule has 0 unspecified atom stereocenters. The summed E-state index contributed by atoms with van der Waals surface area (Å²) in [5, 5.41) is 0. The minimum Gasteiger partial charge on any atom is -0.469 e. The van der Waals surface area contributed by atoms with Gasteiger partial charge in [-0.25, -0.2) is 0 Å². The summed E-state index contributed by atoms with van der Waals surface area (Å²) >= 11 is 3.52. The average molecular weight is 401 g/mol. The van der Waals surface area contributed by atoms with Crippen LogP contribution in [0.15, 0.2) is 16.7 Å². The van der Waals surface area contributed by atoms with Crippen molar-refractivity contribution in [2.45, 2.75) is 24.8 Å². The van der Waals surface area contributed by atoms with Gasteiger partial charge in [-0.2, -0.15) is 0 Å². The summed E-state index contributed by atoms with van der Waals surface area (Å²) in [7, 11) is 1.51. The number of anilines is 1. The highest BCUT2D eigenvalue weighted by molar-refractivity contribution is 9.10. The first-order valence-electron chi connectivity index (χ1n) is 8.96. The van der Waals surface area contributed by atoms with Gasteiger partial charge in [-0.15, -0.1) is 0 Å². The van der Waals surface area contributed by atoms with Crippen LogP contribution in [0.4, 0.5) is 5.69 Å². The molecule has 25 heavy (non-hydrogen) atoms. The summed E-state index contributed by atoms with van der Waals surface area (Å²) in [4.78, 5) is 32.4. The fraction of sp³-hybridized carbons (Fsp3) is 0.632. The zero-order valence-electron chi connectivity index (χ0n) is 14.1. The van der Waals surface area contributed by atoms with E-state index in [1.54, 1.807) is 6.20 Å². The van der Waals surface area contributed by atoms with Crippen molar-refractivity contribution in [1.82, 2.24) is 4.98 Å². The number of hydrogen-bond acceptors (Lipinski definition) is 4. The van der Waals surface area contributed by atoms with Gasteiger partial charge in [-0.3, -0.25) is 14.6 Å². The third-order valence-electron chi connectivity index (χ3n) is 8.91. The summed E-state index contributed by atoms with van der Waals surface area (Å²) < 4.78 is 6.02. The van der Waals surface area contributed by atoms with Crippen LogP contribution in [0, 0.1) is 40.9 Å². The summed E-state index contributed by atoms with van der Waals surface area (Å²) in [6.45, 7) is 3.96. The number of aromatic nitrogens is 1. The monoisotopic (exact) mass is 400 g/mol. The number of hydrogen-bond donors (Lipinski definition) is 0. The molecular weight excluding hydrogens is 384 g/mol. The SMILES string of the molecule is COC(=O)C12C3C4C1C1C2C3C41N1C(=O)C(C)(C)c2ncc(Br)cc21. The lowest BCUT2D eigenvalue weighted by Gasteiger charge is -3.10. The Hall–Kier alpha value is -1.43. The highest BCUT2D eigenvalue weighted by Gasteiger charge is 3.13. The number of halogens is 1. The maximum Gasteiger partial charge on any atom is 0.312 e. The van der Waals surface area contributed by atoms with Crippen molar-refractivity contribution in [3.63, 3.8) is 0 Å². The molecule has 1 amide bonds. The Bertz CT molecular complexity index is 900. The van der Waals surface area contributed by atoms with E-state index >= 15 is 0 Å². The van der Waals surface area contributed by atoms with Gasteiger partial charge in [0.25, 0.3) is 0 Å².